The number of hydrogen-bond donors (Lipinski definition) is 0. The first kappa shape index (κ1) is 23.8. The standard InChI is InChI=1S/C27H28Cl2N2O2/c28-24-14-13-22(17-25(24)29)18-27(32)31(33-20-21-9-3-1-4-10-21)26(19-30-15-7-8-16-30)23-11-5-2-6-12-23/h1-6,9-14,17,26H,7-8,15-16,18-20H2. The summed E-state index contributed by atoms with van der Waals surface area (Å²) in [7, 11) is 0. The van der Waals surface area contributed by atoms with E-state index in [2.05, 4.69) is 17.0 Å². The van der Waals surface area contributed by atoms with Crippen molar-refractivity contribution >= 4 is 29.1 Å². The second kappa shape index (κ2) is 11.7. The van der Waals surface area contributed by atoms with Crippen molar-refractivity contribution in [3.63, 3.8) is 0 Å². The van der Waals surface area contributed by atoms with Crippen molar-refractivity contribution in [3.05, 3.63) is 106 Å². The van der Waals surface area contributed by atoms with Gasteiger partial charge in [-0.25, -0.2) is 5.06 Å². The van der Waals surface area contributed by atoms with Gasteiger partial charge >= 0.3 is 0 Å². The van der Waals surface area contributed by atoms with E-state index in [0.717, 1.165) is 36.3 Å². The number of carbonyl (C=O) groups excluding carboxylic acids is 1. The molecular formula is C27H28Cl2N2O2. The van der Waals surface area contributed by atoms with E-state index in [9.17, 15) is 4.79 Å². The molecule has 0 radical (unpaired) electrons. The van der Waals surface area contributed by atoms with Crippen LogP contribution in [-0.2, 0) is 22.7 Å². The topological polar surface area (TPSA) is 32.8 Å². The fourth-order valence-electron chi connectivity index (χ4n) is 4.16. The van der Waals surface area contributed by atoms with Crippen molar-refractivity contribution < 1.29 is 9.63 Å². The summed E-state index contributed by atoms with van der Waals surface area (Å²) in [6, 6.07) is 25.1. The average molecular weight is 483 g/mol. The summed E-state index contributed by atoms with van der Waals surface area (Å²) in [6.07, 6.45) is 2.54. The van der Waals surface area contributed by atoms with E-state index in [1.807, 2.05) is 54.6 Å². The van der Waals surface area contributed by atoms with Gasteiger partial charge in [-0.3, -0.25) is 9.63 Å². The minimum Gasteiger partial charge on any atom is -0.301 e. The second-order valence-electron chi connectivity index (χ2n) is 8.34. The van der Waals surface area contributed by atoms with E-state index in [-0.39, 0.29) is 18.4 Å². The summed E-state index contributed by atoms with van der Waals surface area (Å²) in [6.45, 7) is 3.12. The molecule has 0 spiro atoms. The molecule has 0 N–H and O–H groups in total. The number of rotatable bonds is 9. The lowest BCUT2D eigenvalue weighted by Crippen LogP contribution is -2.41. The fraction of sp³-hybridized carbons (Fsp3) is 0.296. The van der Waals surface area contributed by atoms with Crippen LogP contribution in [0.4, 0.5) is 0 Å². The summed E-state index contributed by atoms with van der Waals surface area (Å²) >= 11 is 12.3. The number of carbonyl (C=O) groups is 1. The lowest BCUT2D eigenvalue weighted by Gasteiger charge is -2.34. The molecule has 1 amide bonds. The highest BCUT2D eigenvalue weighted by Gasteiger charge is 2.29. The van der Waals surface area contributed by atoms with Gasteiger partial charge in [-0.1, -0.05) is 89.9 Å². The zero-order chi connectivity index (χ0) is 23.0. The van der Waals surface area contributed by atoms with Crippen molar-refractivity contribution in [3.8, 4) is 0 Å². The van der Waals surface area contributed by atoms with Crippen molar-refractivity contribution in [2.45, 2.75) is 31.9 Å². The predicted octanol–water partition coefficient (Wildman–Crippen LogP) is 6.33. The molecule has 4 rings (SSSR count). The monoisotopic (exact) mass is 482 g/mol. The Morgan fingerprint density at radius 3 is 2.21 bits per heavy atom. The summed E-state index contributed by atoms with van der Waals surface area (Å²) in [5.41, 5.74) is 2.87. The number of benzene rings is 3. The first-order valence-electron chi connectivity index (χ1n) is 11.3. The molecule has 0 aliphatic carbocycles. The van der Waals surface area contributed by atoms with Gasteiger partial charge in [0, 0.05) is 6.54 Å². The highest BCUT2D eigenvalue weighted by atomic mass is 35.5. The summed E-state index contributed by atoms with van der Waals surface area (Å²) < 4.78 is 0. The summed E-state index contributed by atoms with van der Waals surface area (Å²) in [5, 5.41) is 2.49. The third kappa shape index (κ3) is 6.58. The maximum absolute atomic E-state index is 13.6. The molecule has 1 unspecified atom stereocenters. The van der Waals surface area contributed by atoms with Crippen molar-refractivity contribution in [2.75, 3.05) is 19.6 Å². The highest BCUT2D eigenvalue weighted by molar-refractivity contribution is 6.42. The molecule has 1 saturated heterocycles. The smallest absolute Gasteiger partial charge is 0.251 e. The van der Waals surface area contributed by atoms with E-state index in [0.29, 0.717) is 16.7 Å². The van der Waals surface area contributed by atoms with Gasteiger partial charge in [-0.2, -0.15) is 0 Å². The van der Waals surface area contributed by atoms with Crippen molar-refractivity contribution in [1.82, 2.24) is 9.96 Å². The van der Waals surface area contributed by atoms with Gasteiger partial charge in [0.25, 0.3) is 5.91 Å². The molecule has 1 aliphatic rings. The number of amides is 1. The summed E-state index contributed by atoms with van der Waals surface area (Å²) in [4.78, 5) is 22.3. The van der Waals surface area contributed by atoms with Crippen LogP contribution in [0.25, 0.3) is 0 Å². The van der Waals surface area contributed by atoms with Crippen LogP contribution in [-0.4, -0.2) is 35.5 Å². The van der Waals surface area contributed by atoms with Gasteiger partial charge in [-0.05, 0) is 54.8 Å². The van der Waals surface area contributed by atoms with Crippen molar-refractivity contribution in [2.24, 2.45) is 0 Å². The van der Waals surface area contributed by atoms with E-state index < -0.39 is 0 Å². The van der Waals surface area contributed by atoms with Crippen LogP contribution >= 0.6 is 23.2 Å². The Hall–Kier alpha value is -2.37. The van der Waals surface area contributed by atoms with Crippen LogP contribution in [0.3, 0.4) is 0 Å². The molecule has 1 fully saturated rings. The van der Waals surface area contributed by atoms with E-state index in [1.54, 1.807) is 17.2 Å². The molecule has 0 saturated carbocycles. The van der Waals surface area contributed by atoms with Gasteiger partial charge in [0.1, 0.15) is 6.61 Å². The molecule has 3 aromatic carbocycles. The zero-order valence-corrected chi connectivity index (χ0v) is 20.0. The number of halogens is 2. The van der Waals surface area contributed by atoms with Gasteiger partial charge in [0.2, 0.25) is 0 Å². The third-order valence-electron chi connectivity index (χ3n) is 5.90. The molecule has 33 heavy (non-hydrogen) atoms. The van der Waals surface area contributed by atoms with Crippen LogP contribution in [0.15, 0.2) is 78.9 Å². The van der Waals surface area contributed by atoms with Crippen LogP contribution in [0.2, 0.25) is 10.0 Å². The van der Waals surface area contributed by atoms with Crippen LogP contribution in [0.5, 0.6) is 0 Å². The SMILES string of the molecule is O=C(Cc1ccc(Cl)c(Cl)c1)N(OCc1ccccc1)C(CN1CCCC1)c1ccccc1. The molecule has 172 valence electrons. The maximum Gasteiger partial charge on any atom is 0.251 e. The Balaban J connectivity index is 1.61. The predicted molar refractivity (Wildman–Crippen MR) is 133 cm³/mol. The average Bonchev–Trinajstić information content (AvgIpc) is 3.35. The lowest BCUT2D eigenvalue weighted by atomic mass is 10.0. The molecule has 1 aliphatic heterocycles. The van der Waals surface area contributed by atoms with Gasteiger partial charge in [0.05, 0.1) is 22.5 Å². The van der Waals surface area contributed by atoms with Crippen LogP contribution < -0.4 is 0 Å². The van der Waals surface area contributed by atoms with E-state index in [1.165, 1.54) is 12.8 Å². The Morgan fingerprint density at radius 1 is 0.879 bits per heavy atom. The fourth-order valence-corrected chi connectivity index (χ4v) is 4.48. The van der Waals surface area contributed by atoms with Gasteiger partial charge in [-0.15, -0.1) is 0 Å². The Morgan fingerprint density at radius 2 is 1.55 bits per heavy atom. The number of hydrogen-bond acceptors (Lipinski definition) is 3. The first-order valence-corrected chi connectivity index (χ1v) is 12.1. The molecule has 1 heterocycles. The maximum atomic E-state index is 13.6. The molecule has 4 nitrogen and oxygen atoms in total. The quantitative estimate of drug-likeness (QED) is 0.333. The Bertz CT molecular complexity index is 1040. The van der Waals surface area contributed by atoms with E-state index in [4.69, 9.17) is 28.0 Å². The first-order chi connectivity index (χ1) is 16.1. The highest BCUT2D eigenvalue weighted by Crippen LogP contribution is 2.27. The van der Waals surface area contributed by atoms with Crippen molar-refractivity contribution in [1.29, 1.82) is 0 Å². The molecule has 6 heteroatoms. The molecule has 0 aromatic heterocycles. The second-order valence-corrected chi connectivity index (χ2v) is 9.15. The van der Waals surface area contributed by atoms with Crippen LogP contribution in [0.1, 0.15) is 35.6 Å². The van der Waals surface area contributed by atoms with Gasteiger partial charge in [0.15, 0.2) is 0 Å². The molecular weight excluding hydrogens is 455 g/mol. The minimum absolute atomic E-state index is 0.114. The Kier molecular flexibility index (Phi) is 8.40. The normalized spacial score (nSPS) is 14.8. The number of hydroxylamine groups is 2. The largest absolute Gasteiger partial charge is 0.301 e. The number of nitrogens with zero attached hydrogens (tertiary/aromatic N) is 2. The summed E-state index contributed by atoms with van der Waals surface area (Å²) in [5.74, 6) is -0.114. The Labute approximate surface area is 205 Å². The lowest BCUT2D eigenvalue weighted by molar-refractivity contribution is -0.208. The minimum atomic E-state index is -0.219. The molecule has 3 aromatic rings. The van der Waals surface area contributed by atoms with Crippen LogP contribution in [0, 0.1) is 0 Å². The zero-order valence-electron chi connectivity index (χ0n) is 18.5. The van der Waals surface area contributed by atoms with Gasteiger partial charge < -0.3 is 4.90 Å². The molecule has 1 atom stereocenters. The molecule has 0 bridgehead atoms. The third-order valence-corrected chi connectivity index (χ3v) is 6.63. The van der Waals surface area contributed by atoms with E-state index >= 15 is 0 Å². The number of likely N-dealkylation sites (tertiary alicyclic amines) is 1.